The van der Waals surface area contributed by atoms with Crippen LogP contribution in [-0.2, 0) is 16.4 Å². The molecule has 3 rings (SSSR count). The number of sulfonamides is 1. The summed E-state index contributed by atoms with van der Waals surface area (Å²) < 4.78 is 33.9. The molecule has 8 nitrogen and oxygen atoms in total. The number of urea groups is 1. The number of hydrazine groups is 1. The van der Waals surface area contributed by atoms with Crippen molar-refractivity contribution in [3.8, 4) is 11.5 Å². The Morgan fingerprint density at radius 2 is 1.80 bits per heavy atom. The summed E-state index contributed by atoms with van der Waals surface area (Å²) in [5.41, 5.74) is 2.93. The van der Waals surface area contributed by atoms with Crippen molar-refractivity contribution >= 4 is 16.1 Å². The Labute approximate surface area is 177 Å². The summed E-state index contributed by atoms with van der Waals surface area (Å²) in [7, 11) is -0.344. The van der Waals surface area contributed by atoms with Gasteiger partial charge in [0, 0.05) is 6.54 Å². The molecule has 162 valence electrons. The van der Waals surface area contributed by atoms with Gasteiger partial charge in [0.25, 0.3) is 0 Å². The zero-order valence-electron chi connectivity index (χ0n) is 17.6. The van der Waals surface area contributed by atoms with Crippen molar-refractivity contribution in [2.75, 3.05) is 33.6 Å². The van der Waals surface area contributed by atoms with Crippen molar-refractivity contribution in [1.82, 2.24) is 14.7 Å². The van der Waals surface area contributed by atoms with Gasteiger partial charge in [-0.2, -0.15) is 0 Å². The minimum atomic E-state index is -3.57. The summed E-state index contributed by atoms with van der Waals surface area (Å²) in [5.74, 6) is 1.53. The Balaban J connectivity index is 1.84. The number of hydrogen-bond donors (Lipinski definition) is 1. The monoisotopic (exact) mass is 433 g/mol. The first-order valence-electron chi connectivity index (χ1n) is 9.55. The Morgan fingerprint density at radius 1 is 1.10 bits per heavy atom. The molecule has 2 amide bonds. The van der Waals surface area contributed by atoms with Gasteiger partial charge in [0.15, 0.2) is 0 Å². The number of amides is 2. The van der Waals surface area contributed by atoms with Crippen LogP contribution >= 0.6 is 0 Å². The van der Waals surface area contributed by atoms with Crippen LogP contribution in [0.4, 0.5) is 4.79 Å². The molecule has 9 heteroatoms. The number of carbonyl (C=O) groups is 1. The molecule has 1 aliphatic heterocycles. The van der Waals surface area contributed by atoms with Gasteiger partial charge in [0.05, 0.1) is 33.1 Å². The van der Waals surface area contributed by atoms with Gasteiger partial charge in [0.2, 0.25) is 10.0 Å². The normalized spacial score (nSPS) is 16.8. The highest BCUT2D eigenvalue weighted by molar-refractivity contribution is 7.88. The highest BCUT2D eigenvalue weighted by atomic mass is 32.2. The molecule has 0 bridgehead atoms. The van der Waals surface area contributed by atoms with Crippen molar-refractivity contribution in [2.45, 2.75) is 19.4 Å². The van der Waals surface area contributed by atoms with E-state index < -0.39 is 10.0 Å². The van der Waals surface area contributed by atoms with E-state index in [-0.39, 0.29) is 18.6 Å². The van der Waals surface area contributed by atoms with Gasteiger partial charge in [-0.05, 0) is 48.2 Å². The fourth-order valence-electron chi connectivity index (χ4n) is 3.60. The van der Waals surface area contributed by atoms with Crippen molar-refractivity contribution < 1.29 is 22.7 Å². The number of nitrogens with one attached hydrogen (secondary N) is 1. The van der Waals surface area contributed by atoms with Crippen molar-refractivity contribution in [2.24, 2.45) is 0 Å². The van der Waals surface area contributed by atoms with Crippen LogP contribution in [-0.4, -0.2) is 57.9 Å². The maximum absolute atomic E-state index is 13.0. The Hall–Kier alpha value is -2.78. The van der Waals surface area contributed by atoms with Gasteiger partial charge < -0.3 is 14.4 Å². The second-order valence-electron chi connectivity index (χ2n) is 7.29. The molecule has 30 heavy (non-hydrogen) atoms. The summed E-state index contributed by atoms with van der Waals surface area (Å²) in [6, 6.07) is 12.8. The summed E-state index contributed by atoms with van der Waals surface area (Å²) >= 11 is 0. The standard InChI is InChI=1S/C21H27N3O5S/c1-15-13-17(7-10-20(15)29-3)19-14-24(22-30(4,26)27)21(25)23(19)12-11-16-5-8-18(28-2)9-6-16/h5-10,13,19,22H,11-12,14H2,1-4H3. The number of carbonyl (C=O) groups excluding carboxylic acids is 1. The minimum absolute atomic E-state index is 0.223. The number of aryl methyl sites for hydroxylation is 1. The van der Waals surface area contributed by atoms with E-state index in [9.17, 15) is 13.2 Å². The zero-order chi connectivity index (χ0) is 21.9. The number of rotatable bonds is 8. The van der Waals surface area contributed by atoms with Gasteiger partial charge >= 0.3 is 6.03 Å². The first-order chi connectivity index (χ1) is 14.2. The lowest BCUT2D eigenvalue weighted by Crippen LogP contribution is -2.44. The molecule has 0 saturated carbocycles. The molecule has 1 N–H and O–H groups in total. The predicted molar refractivity (Wildman–Crippen MR) is 114 cm³/mol. The first-order valence-corrected chi connectivity index (χ1v) is 11.4. The molecule has 2 aromatic rings. The van der Waals surface area contributed by atoms with Gasteiger partial charge in [0.1, 0.15) is 11.5 Å². The number of hydrogen-bond acceptors (Lipinski definition) is 5. The quantitative estimate of drug-likeness (QED) is 0.691. The third-order valence-corrected chi connectivity index (χ3v) is 5.64. The van der Waals surface area contributed by atoms with Gasteiger partial charge in [-0.1, -0.05) is 24.3 Å². The van der Waals surface area contributed by atoms with Crippen LogP contribution in [0.15, 0.2) is 42.5 Å². The Morgan fingerprint density at radius 3 is 2.37 bits per heavy atom. The van der Waals surface area contributed by atoms with Crippen LogP contribution in [0.25, 0.3) is 0 Å². The highest BCUT2D eigenvalue weighted by Gasteiger charge is 2.39. The lowest BCUT2D eigenvalue weighted by molar-refractivity contribution is 0.182. The molecule has 1 heterocycles. The minimum Gasteiger partial charge on any atom is -0.497 e. The first kappa shape index (κ1) is 21.9. The van der Waals surface area contributed by atoms with E-state index in [1.54, 1.807) is 19.1 Å². The summed E-state index contributed by atoms with van der Waals surface area (Å²) in [4.78, 5) is 17.0. The topological polar surface area (TPSA) is 88.2 Å². The number of methoxy groups -OCH3 is 2. The average Bonchev–Trinajstić information content (AvgIpc) is 3.00. The number of benzene rings is 2. The number of ether oxygens (including phenoxy) is 2. The Bertz CT molecular complexity index is 1010. The van der Waals surface area contributed by atoms with Crippen LogP contribution in [0.5, 0.6) is 11.5 Å². The molecule has 0 spiro atoms. The lowest BCUT2D eigenvalue weighted by atomic mass is 10.0. The van der Waals surface area contributed by atoms with E-state index in [0.717, 1.165) is 39.5 Å². The van der Waals surface area contributed by atoms with Crippen molar-refractivity contribution in [3.63, 3.8) is 0 Å². The van der Waals surface area contributed by atoms with Crippen LogP contribution in [0, 0.1) is 6.92 Å². The van der Waals surface area contributed by atoms with Gasteiger partial charge in [-0.15, -0.1) is 4.83 Å². The largest absolute Gasteiger partial charge is 0.497 e. The zero-order valence-corrected chi connectivity index (χ0v) is 18.4. The SMILES string of the molecule is COc1ccc(CCN2C(=O)N(NS(C)(=O)=O)CC2c2ccc(OC)c(C)c2)cc1. The second kappa shape index (κ2) is 8.93. The molecular formula is C21H27N3O5S. The molecule has 0 radical (unpaired) electrons. The highest BCUT2D eigenvalue weighted by Crippen LogP contribution is 2.32. The van der Waals surface area contributed by atoms with E-state index in [4.69, 9.17) is 9.47 Å². The van der Waals surface area contributed by atoms with Gasteiger partial charge in [-0.25, -0.2) is 18.2 Å². The third kappa shape index (κ3) is 5.03. The molecule has 1 atom stereocenters. The van der Waals surface area contributed by atoms with Gasteiger partial charge in [-0.3, -0.25) is 0 Å². The molecule has 1 aliphatic rings. The van der Waals surface area contributed by atoms with Crippen LogP contribution in [0.2, 0.25) is 0 Å². The molecule has 1 fully saturated rings. The Kier molecular flexibility index (Phi) is 6.52. The molecular weight excluding hydrogens is 406 g/mol. The van der Waals surface area contributed by atoms with E-state index in [0.29, 0.717) is 13.0 Å². The fraction of sp³-hybridized carbons (Fsp3) is 0.381. The van der Waals surface area contributed by atoms with E-state index in [1.165, 1.54) is 0 Å². The van der Waals surface area contributed by atoms with Crippen molar-refractivity contribution in [1.29, 1.82) is 0 Å². The van der Waals surface area contributed by atoms with Crippen LogP contribution in [0.1, 0.15) is 22.7 Å². The summed E-state index contributed by atoms with van der Waals surface area (Å²) in [5, 5.41) is 1.16. The fourth-order valence-corrected chi connectivity index (χ4v) is 4.15. The smallest absolute Gasteiger partial charge is 0.335 e. The predicted octanol–water partition coefficient (Wildman–Crippen LogP) is 2.50. The van der Waals surface area contributed by atoms with Crippen molar-refractivity contribution in [3.05, 3.63) is 59.2 Å². The average molecular weight is 434 g/mol. The maximum atomic E-state index is 13.0. The van der Waals surface area contributed by atoms with E-state index in [2.05, 4.69) is 4.83 Å². The maximum Gasteiger partial charge on any atom is 0.335 e. The second-order valence-corrected chi connectivity index (χ2v) is 9.02. The van der Waals surface area contributed by atoms with E-state index in [1.807, 2.05) is 49.4 Å². The molecule has 1 unspecified atom stereocenters. The number of nitrogens with zero attached hydrogens (tertiary/aromatic N) is 2. The van der Waals surface area contributed by atoms with E-state index >= 15 is 0 Å². The summed E-state index contributed by atoms with van der Waals surface area (Å²) in [6.45, 7) is 2.61. The van der Waals surface area contributed by atoms with Crippen LogP contribution < -0.4 is 14.3 Å². The molecule has 2 aromatic carbocycles. The van der Waals surface area contributed by atoms with Crippen LogP contribution in [0.3, 0.4) is 0 Å². The lowest BCUT2D eigenvalue weighted by Gasteiger charge is -2.24. The third-order valence-electron chi connectivity index (χ3n) is 5.09. The molecule has 1 saturated heterocycles. The molecule has 0 aliphatic carbocycles. The molecule has 0 aromatic heterocycles. The summed E-state index contributed by atoms with van der Waals surface area (Å²) in [6.07, 6.45) is 1.67.